The first kappa shape index (κ1) is 19.0. The molecule has 2 aliphatic rings. The zero-order valence-electron chi connectivity index (χ0n) is 14.0. The summed E-state index contributed by atoms with van der Waals surface area (Å²) in [5.41, 5.74) is 8.20. The van der Waals surface area contributed by atoms with Gasteiger partial charge in [0.15, 0.2) is 5.96 Å². The van der Waals surface area contributed by atoms with Crippen LogP contribution in [0, 0.1) is 5.92 Å². The van der Waals surface area contributed by atoms with Crippen LogP contribution in [-0.4, -0.2) is 29.9 Å². The molecule has 1 heterocycles. The Balaban J connectivity index is 0.00000208. The van der Waals surface area contributed by atoms with Gasteiger partial charge in [-0.1, -0.05) is 30.7 Å². The quantitative estimate of drug-likeness (QED) is 0.404. The molecular formula is C18H27IN4O. The average Bonchev–Trinajstić information content (AvgIpc) is 2.90. The molecule has 1 aromatic rings. The van der Waals surface area contributed by atoms with Gasteiger partial charge in [0.1, 0.15) is 0 Å². The minimum Gasteiger partial charge on any atom is -0.370 e. The van der Waals surface area contributed by atoms with Crippen LogP contribution in [0.15, 0.2) is 29.3 Å². The number of hydrogen-bond acceptors (Lipinski definition) is 2. The van der Waals surface area contributed by atoms with E-state index in [2.05, 4.69) is 34.6 Å². The number of carbonyl (C=O) groups excluding carboxylic acids is 1. The predicted octanol–water partition coefficient (Wildman–Crippen LogP) is 2.63. The van der Waals surface area contributed by atoms with Gasteiger partial charge in [0.2, 0.25) is 5.91 Å². The maximum atomic E-state index is 11.6. The lowest BCUT2D eigenvalue weighted by Gasteiger charge is -2.25. The van der Waals surface area contributed by atoms with Crippen LogP contribution in [0.25, 0.3) is 0 Å². The van der Waals surface area contributed by atoms with Gasteiger partial charge >= 0.3 is 0 Å². The molecule has 1 aromatic carbocycles. The molecule has 1 saturated carbocycles. The van der Waals surface area contributed by atoms with E-state index in [4.69, 9.17) is 5.73 Å². The van der Waals surface area contributed by atoms with Gasteiger partial charge in [-0.15, -0.1) is 24.0 Å². The first-order valence-corrected chi connectivity index (χ1v) is 8.60. The van der Waals surface area contributed by atoms with Crippen molar-refractivity contribution in [3.8, 4) is 0 Å². The van der Waals surface area contributed by atoms with E-state index in [9.17, 15) is 4.79 Å². The number of halogens is 1. The van der Waals surface area contributed by atoms with Crippen LogP contribution < -0.4 is 11.1 Å². The first-order valence-electron chi connectivity index (χ1n) is 8.60. The lowest BCUT2D eigenvalue weighted by atomic mass is 9.85. The fourth-order valence-corrected chi connectivity index (χ4v) is 3.02. The van der Waals surface area contributed by atoms with E-state index in [-0.39, 0.29) is 29.9 Å². The summed E-state index contributed by atoms with van der Waals surface area (Å²) in [6.07, 6.45) is 5.64. The van der Waals surface area contributed by atoms with E-state index in [0.29, 0.717) is 25.5 Å². The molecule has 0 unspecified atom stereocenters. The van der Waals surface area contributed by atoms with Gasteiger partial charge < -0.3 is 16.0 Å². The van der Waals surface area contributed by atoms with Gasteiger partial charge in [-0.2, -0.15) is 0 Å². The van der Waals surface area contributed by atoms with Gasteiger partial charge in [0.05, 0.1) is 6.54 Å². The monoisotopic (exact) mass is 442 g/mol. The highest BCUT2D eigenvalue weighted by Gasteiger charge is 2.19. The van der Waals surface area contributed by atoms with Crippen LogP contribution in [0.1, 0.15) is 43.2 Å². The molecule has 0 spiro atoms. The van der Waals surface area contributed by atoms with Crippen LogP contribution in [-0.2, 0) is 17.9 Å². The Bertz CT molecular complexity index is 569. The van der Waals surface area contributed by atoms with Crippen molar-refractivity contribution < 1.29 is 4.79 Å². The number of amides is 1. The van der Waals surface area contributed by atoms with Crippen LogP contribution in [0.3, 0.4) is 0 Å². The second-order valence-electron chi connectivity index (χ2n) is 6.61. The summed E-state index contributed by atoms with van der Waals surface area (Å²) in [7, 11) is 0. The van der Waals surface area contributed by atoms with E-state index in [0.717, 1.165) is 31.0 Å². The molecule has 1 aliphatic carbocycles. The number of aliphatic imine (C=N–C) groups is 1. The van der Waals surface area contributed by atoms with E-state index < -0.39 is 0 Å². The minimum absolute atomic E-state index is 0. The lowest BCUT2D eigenvalue weighted by Crippen LogP contribution is -2.37. The SMILES string of the molecule is I.NC(=NCc1ccc(CN2CCCC2=O)cc1)NCC1CCC1. The van der Waals surface area contributed by atoms with Crippen molar-refractivity contribution in [2.75, 3.05) is 13.1 Å². The Labute approximate surface area is 161 Å². The molecular weight excluding hydrogens is 415 g/mol. The van der Waals surface area contributed by atoms with Crippen molar-refractivity contribution in [3.05, 3.63) is 35.4 Å². The molecule has 5 nitrogen and oxygen atoms in total. The number of nitrogens with one attached hydrogen (secondary N) is 1. The number of benzene rings is 1. The van der Waals surface area contributed by atoms with Crippen molar-refractivity contribution in [2.45, 2.75) is 45.2 Å². The number of carbonyl (C=O) groups is 1. The summed E-state index contributed by atoms with van der Waals surface area (Å²) in [6.45, 7) is 3.13. The summed E-state index contributed by atoms with van der Waals surface area (Å²) in [6, 6.07) is 8.29. The number of nitrogens with zero attached hydrogens (tertiary/aromatic N) is 2. The van der Waals surface area contributed by atoms with Crippen molar-refractivity contribution in [1.82, 2.24) is 10.2 Å². The van der Waals surface area contributed by atoms with Gasteiger partial charge in [0.25, 0.3) is 0 Å². The fraction of sp³-hybridized carbons (Fsp3) is 0.556. The zero-order valence-corrected chi connectivity index (χ0v) is 16.4. The lowest BCUT2D eigenvalue weighted by molar-refractivity contribution is -0.128. The third-order valence-electron chi connectivity index (χ3n) is 4.80. The molecule has 24 heavy (non-hydrogen) atoms. The minimum atomic E-state index is 0. The fourth-order valence-electron chi connectivity index (χ4n) is 3.02. The molecule has 0 aromatic heterocycles. The van der Waals surface area contributed by atoms with Gasteiger partial charge in [-0.05, 0) is 36.3 Å². The van der Waals surface area contributed by atoms with Crippen molar-refractivity contribution in [3.63, 3.8) is 0 Å². The van der Waals surface area contributed by atoms with Crippen molar-refractivity contribution in [2.24, 2.45) is 16.6 Å². The summed E-state index contributed by atoms with van der Waals surface area (Å²) < 4.78 is 0. The molecule has 0 radical (unpaired) electrons. The van der Waals surface area contributed by atoms with Crippen molar-refractivity contribution in [1.29, 1.82) is 0 Å². The molecule has 1 saturated heterocycles. The zero-order chi connectivity index (χ0) is 16.1. The highest BCUT2D eigenvalue weighted by Crippen LogP contribution is 2.25. The van der Waals surface area contributed by atoms with Crippen LogP contribution in [0.5, 0.6) is 0 Å². The smallest absolute Gasteiger partial charge is 0.222 e. The number of hydrogen-bond donors (Lipinski definition) is 2. The maximum Gasteiger partial charge on any atom is 0.222 e. The number of rotatable bonds is 6. The van der Waals surface area contributed by atoms with Crippen molar-refractivity contribution >= 4 is 35.8 Å². The Morgan fingerprint density at radius 1 is 1.21 bits per heavy atom. The molecule has 132 valence electrons. The number of likely N-dealkylation sites (tertiary alicyclic amines) is 1. The average molecular weight is 442 g/mol. The first-order chi connectivity index (χ1) is 11.2. The van der Waals surface area contributed by atoms with E-state index >= 15 is 0 Å². The molecule has 2 fully saturated rings. The Morgan fingerprint density at radius 3 is 2.50 bits per heavy atom. The number of nitrogens with two attached hydrogens (primary N) is 1. The normalized spacial score (nSPS) is 18.2. The summed E-state index contributed by atoms with van der Waals surface area (Å²) >= 11 is 0. The summed E-state index contributed by atoms with van der Waals surface area (Å²) in [5.74, 6) is 1.57. The maximum absolute atomic E-state index is 11.6. The largest absolute Gasteiger partial charge is 0.370 e. The third-order valence-corrected chi connectivity index (χ3v) is 4.80. The van der Waals surface area contributed by atoms with E-state index in [1.54, 1.807) is 0 Å². The molecule has 1 amide bonds. The highest BCUT2D eigenvalue weighted by atomic mass is 127. The van der Waals surface area contributed by atoms with Crippen LogP contribution >= 0.6 is 24.0 Å². The second kappa shape index (κ2) is 9.25. The standard InChI is InChI=1S/C18H26N4O.HI/c19-18(20-11-14-3-1-4-14)21-12-15-6-8-16(9-7-15)13-22-10-2-5-17(22)23;/h6-9,14H,1-5,10-13H2,(H3,19,20,21);1H. The van der Waals surface area contributed by atoms with Gasteiger partial charge in [-0.3, -0.25) is 4.79 Å². The third kappa shape index (κ3) is 5.36. The van der Waals surface area contributed by atoms with Crippen LogP contribution in [0.2, 0.25) is 0 Å². The predicted molar refractivity (Wildman–Crippen MR) is 107 cm³/mol. The molecule has 6 heteroatoms. The number of guanidine groups is 1. The van der Waals surface area contributed by atoms with Crippen LogP contribution in [0.4, 0.5) is 0 Å². The van der Waals surface area contributed by atoms with E-state index in [1.165, 1.54) is 24.8 Å². The Kier molecular flexibility index (Phi) is 7.33. The second-order valence-corrected chi connectivity index (χ2v) is 6.61. The molecule has 3 rings (SSSR count). The Hall–Kier alpha value is -1.31. The molecule has 3 N–H and O–H groups in total. The van der Waals surface area contributed by atoms with Gasteiger partial charge in [0, 0.05) is 26.1 Å². The summed E-state index contributed by atoms with van der Waals surface area (Å²) in [5, 5.41) is 3.20. The highest BCUT2D eigenvalue weighted by molar-refractivity contribution is 14.0. The molecule has 1 aliphatic heterocycles. The van der Waals surface area contributed by atoms with E-state index in [1.807, 2.05) is 4.90 Å². The van der Waals surface area contributed by atoms with Gasteiger partial charge in [-0.25, -0.2) is 4.99 Å². The topological polar surface area (TPSA) is 70.7 Å². The summed E-state index contributed by atoms with van der Waals surface area (Å²) in [4.78, 5) is 18.0. The molecule has 0 atom stereocenters. The Morgan fingerprint density at radius 2 is 1.92 bits per heavy atom. The molecule has 0 bridgehead atoms.